The minimum Gasteiger partial charge on any atom is -0.481 e. The molecule has 2 unspecified atom stereocenters. The summed E-state index contributed by atoms with van der Waals surface area (Å²) in [6.07, 6.45) is 0. The Labute approximate surface area is 113 Å². The zero-order chi connectivity index (χ0) is 14.7. The van der Waals surface area contributed by atoms with E-state index in [4.69, 9.17) is 5.11 Å². The van der Waals surface area contributed by atoms with Gasteiger partial charge in [0.15, 0.2) is 0 Å². The Morgan fingerprint density at radius 2 is 1.58 bits per heavy atom. The fourth-order valence-corrected chi connectivity index (χ4v) is 2.16. The van der Waals surface area contributed by atoms with E-state index in [1.54, 1.807) is 13.8 Å². The SMILES string of the molecule is Cc1cc(C)c(C(=O)NC(C)C(C)C(=O)O)c(C)c1. The van der Waals surface area contributed by atoms with E-state index in [1.165, 1.54) is 0 Å². The number of aryl methyl sites for hydroxylation is 3. The molecule has 0 aliphatic heterocycles. The van der Waals surface area contributed by atoms with Gasteiger partial charge in [-0.25, -0.2) is 0 Å². The molecule has 1 amide bonds. The van der Waals surface area contributed by atoms with Crippen molar-refractivity contribution in [1.82, 2.24) is 5.32 Å². The summed E-state index contributed by atoms with van der Waals surface area (Å²) in [4.78, 5) is 23.1. The maximum Gasteiger partial charge on any atom is 0.308 e. The molecule has 104 valence electrons. The molecule has 1 rings (SSSR count). The van der Waals surface area contributed by atoms with Gasteiger partial charge in [-0.1, -0.05) is 17.7 Å². The molecule has 0 bridgehead atoms. The molecule has 4 heteroatoms. The van der Waals surface area contributed by atoms with E-state index in [0.29, 0.717) is 5.56 Å². The summed E-state index contributed by atoms with van der Waals surface area (Å²) in [5, 5.41) is 11.7. The molecule has 0 aliphatic carbocycles. The molecule has 2 N–H and O–H groups in total. The largest absolute Gasteiger partial charge is 0.481 e. The molecule has 0 saturated carbocycles. The fourth-order valence-electron chi connectivity index (χ4n) is 2.16. The van der Waals surface area contributed by atoms with Crippen LogP contribution in [0.15, 0.2) is 12.1 Å². The van der Waals surface area contributed by atoms with Crippen molar-refractivity contribution in [3.8, 4) is 0 Å². The topological polar surface area (TPSA) is 66.4 Å². The van der Waals surface area contributed by atoms with E-state index in [0.717, 1.165) is 16.7 Å². The van der Waals surface area contributed by atoms with Crippen LogP contribution in [0.1, 0.15) is 40.9 Å². The molecule has 0 fully saturated rings. The average molecular weight is 263 g/mol. The Morgan fingerprint density at radius 3 is 2.00 bits per heavy atom. The van der Waals surface area contributed by atoms with Crippen LogP contribution in [-0.4, -0.2) is 23.0 Å². The molecule has 0 radical (unpaired) electrons. The van der Waals surface area contributed by atoms with Crippen molar-refractivity contribution >= 4 is 11.9 Å². The van der Waals surface area contributed by atoms with E-state index in [2.05, 4.69) is 5.32 Å². The van der Waals surface area contributed by atoms with Crippen LogP contribution in [0.25, 0.3) is 0 Å². The van der Waals surface area contributed by atoms with Crippen LogP contribution in [-0.2, 0) is 4.79 Å². The second kappa shape index (κ2) is 5.87. The lowest BCUT2D eigenvalue weighted by molar-refractivity contribution is -0.141. The Balaban J connectivity index is 2.94. The first kappa shape index (κ1) is 15.2. The molecular weight excluding hydrogens is 242 g/mol. The normalized spacial score (nSPS) is 13.7. The number of amides is 1. The van der Waals surface area contributed by atoms with Gasteiger partial charge in [0.1, 0.15) is 0 Å². The number of benzene rings is 1. The fraction of sp³-hybridized carbons (Fsp3) is 0.467. The molecule has 19 heavy (non-hydrogen) atoms. The zero-order valence-electron chi connectivity index (χ0n) is 12.1. The van der Waals surface area contributed by atoms with Crippen LogP contribution in [0.2, 0.25) is 0 Å². The molecule has 0 aliphatic rings. The molecule has 0 aromatic heterocycles. The van der Waals surface area contributed by atoms with Gasteiger partial charge in [-0.05, 0) is 45.7 Å². The summed E-state index contributed by atoms with van der Waals surface area (Å²) < 4.78 is 0. The maximum atomic E-state index is 12.2. The molecule has 1 aromatic carbocycles. The van der Waals surface area contributed by atoms with Crippen molar-refractivity contribution in [2.75, 3.05) is 0 Å². The highest BCUT2D eigenvalue weighted by Crippen LogP contribution is 2.17. The van der Waals surface area contributed by atoms with Crippen LogP contribution in [0.5, 0.6) is 0 Å². The van der Waals surface area contributed by atoms with Crippen molar-refractivity contribution in [1.29, 1.82) is 0 Å². The van der Waals surface area contributed by atoms with Crippen molar-refractivity contribution in [2.24, 2.45) is 5.92 Å². The summed E-state index contributed by atoms with van der Waals surface area (Å²) in [6.45, 7) is 9.05. The molecule has 4 nitrogen and oxygen atoms in total. The number of carbonyl (C=O) groups excluding carboxylic acids is 1. The number of carbonyl (C=O) groups is 2. The van der Waals surface area contributed by atoms with Crippen LogP contribution >= 0.6 is 0 Å². The van der Waals surface area contributed by atoms with Crippen LogP contribution in [0.4, 0.5) is 0 Å². The third-order valence-corrected chi connectivity index (χ3v) is 3.40. The summed E-state index contributed by atoms with van der Waals surface area (Å²) >= 11 is 0. The molecule has 0 spiro atoms. The lowest BCUT2D eigenvalue weighted by Crippen LogP contribution is -2.40. The van der Waals surface area contributed by atoms with E-state index in [1.807, 2.05) is 32.9 Å². The van der Waals surface area contributed by atoms with Crippen molar-refractivity contribution in [2.45, 2.75) is 40.7 Å². The third kappa shape index (κ3) is 3.56. The first-order chi connectivity index (χ1) is 8.73. The first-order valence-electron chi connectivity index (χ1n) is 6.35. The minimum absolute atomic E-state index is 0.212. The highest BCUT2D eigenvalue weighted by molar-refractivity contribution is 5.97. The Hall–Kier alpha value is -1.84. The number of aliphatic carboxylic acids is 1. The van der Waals surface area contributed by atoms with Gasteiger partial charge >= 0.3 is 5.97 Å². The number of carboxylic acid groups (broad SMARTS) is 1. The monoisotopic (exact) mass is 263 g/mol. The summed E-state index contributed by atoms with van der Waals surface area (Å²) in [7, 11) is 0. The van der Waals surface area contributed by atoms with Crippen molar-refractivity contribution in [3.05, 3.63) is 34.4 Å². The van der Waals surface area contributed by atoms with Crippen LogP contribution < -0.4 is 5.32 Å². The standard InChI is InChI=1S/C15H21NO3/c1-8-6-9(2)13(10(3)7-8)14(17)16-12(5)11(4)15(18)19/h6-7,11-12H,1-5H3,(H,16,17)(H,18,19). The number of hydrogen-bond acceptors (Lipinski definition) is 2. The van der Waals surface area contributed by atoms with Gasteiger partial charge < -0.3 is 10.4 Å². The molecule has 2 atom stereocenters. The predicted octanol–water partition coefficient (Wildman–Crippen LogP) is 2.45. The second-order valence-corrected chi connectivity index (χ2v) is 5.16. The van der Waals surface area contributed by atoms with Gasteiger partial charge in [-0.2, -0.15) is 0 Å². The van der Waals surface area contributed by atoms with Gasteiger partial charge in [0.25, 0.3) is 5.91 Å². The first-order valence-corrected chi connectivity index (χ1v) is 6.35. The van der Waals surface area contributed by atoms with Gasteiger partial charge in [0, 0.05) is 11.6 Å². The number of carboxylic acids is 1. The van der Waals surface area contributed by atoms with E-state index in [9.17, 15) is 9.59 Å². The number of rotatable bonds is 4. The van der Waals surface area contributed by atoms with Gasteiger partial charge in [-0.3, -0.25) is 9.59 Å². The molecular formula is C15H21NO3. The smallest absolute Gasteiger partial charge is 0.308 e. The second-order valence-electron chi connectivity index (χ2n) is 5.16. The predicted molar refractivity (Wildman–Crippen MR) is 74.4 cm³/mol. The summed E-state index contributed by atoms with van der Waals surface area (Å²) in [5.74, 6) is -1.74. The Morgan fingerprint density at radius 1 is 1.11 bits per heavy atom. The Bertz CT molecular complexity index is 485. The van der Waals surface area contributed by atoms with Gasteiger partial charge in [0.2, 0.25) is 0 Å². The minimum atomic E-state index is -0.912. The molecule has 0 heterocycles. The van der Waals surface area contributed by atoms with Gasteiger partial charge in [-0.15, -0.1) is 0 Å². The highest BCUT2D eigenvalue weighted by atomic mass is 16.4. The number of nitrogens with one attached hydrogen (secondary N) is 1. The summed E-state index contributed by atoms with van der Waals surface area (Å²) in [6, 6.07) is 3.49. The van der Waals surface area contributed by atoms with Crippen LogP contribution in [0, 0.1) is 26.7 Å². The zero-order valence-corrected chi connectivity index (χ0v) is 12.1. The third-order valence-electron chi connectivity index (χ3n) is 3.40. The van der Waals surface area contributed by atoms with Crippen molar-refractivity contribution in [3.63, 3.8) is 0 Å². The number of hydrogen-bond donors (Lipinski definition) is 2. The van der Waals surface area contributed by atoms with E-state index in [-0.39, 0.29) is 5.91 Å². The molecule has 1 aromatic rings. The maximum absolute atomic E-state index is 12.2. The van der Waals surface area contributed by atoms with Crippen molar-refractivity contribution < 1.29 is 14.7 Å². The Kier molecular flexibility index (Phi) is 4.70. The van der Waals surface area contributed by atoms with E-state index < -0.39 is 17.9 Å². The van der Waals surface area contributed by atoms with Gasteiger partial charge in [0.05, 0.1) is 5.92 Å². The lowest BCUT2D eigenvalue weighted by Gasteiger charge is -2.19. The summed E-state index contributed by atoms with van der Waals surface area (Å²) in [5.41, 5.74) is 3.56. The van der Waals surface area contributed by atoms with E-state index >= 15 is 0 Å². The quantitative estimate of drug-likeness (QED) is 0.877. The lowest BCUT2D eigenvalue weighted by atomic mass is 9.98. The average Bonchev–Trinajstić information content (AvgIpc) is 2.25. The highest BCUT2D eigenvalue weighted by Gasteiger charge is 2.22. The molecule has 0 saturated heterocycles. The van der Waals surface area contributed by atoms with Crippen LogP contribution in [0.3, 0.4) is 0 Å².